The van der Waals surface area contributed by atoms with Crippen LogP contribution in [0, 0.1) is 0 Å². The SMILES string of the molecule is CNC(C(=O)Nc1ncn(CC(=O)N2CCCCCC2)n1)c1cnn(C)c1.Cl. The van der Waals surface area contributed by atoms with Crippen molar-refractivity contribution in [3.63, 3.8) is 0 Å². The molecule has 0 aliphatic carbocycles. The lowest BCUT2D eigenvalue weighted by Gasteiger charge is -2.19. The maximum Gasteiger partial charge on any atom is 0.248 e. The van der Waals surface area contributed by atoms with Crippen molar-refractivity contribution in [1.82, 2.24) is 34.8 Å². The largest absolute Gasteiger partial charge is 0.341 e. The van der Waals surface area contributed by atoms with Crippen LogP contribution in [0.3, 0.4) is 0 Å². The Morgan fingerprint density at radius 2 is 1.93 bits per heavy atom. The van der Waals surface area contributed by atoms with E-state index in [0.717, 1.165) is 31.5 Å². The zero-order valence-corrected chi connectivity index (χ0v) is 17.0. The molecule has 2 amide bonds. The topological polar surface area (TPSA) is 110 Å². The van der Waals surface area contributed by atoms with Crippen LogP contribution in [-0.4, -0.2) is 61.4 Å². The van der Waals surface area contributed by atoms with Crippen LogP contribution in [0.2, 0.25) is 0 Å². The Labute approximate surface area is 170 Å². The predicted molar refractivity (Wildman–Crippen MR) is 106 cm³/mol. The average Bonchev–Trinajstić information content (AvgIpc) is 3.15. The molecule has 2 aromatic rings. The minimum absolute atomic E-state index is 0. The monoisotopic (exact) mass is 410 g/mol. The summed E-state index contributed by atoms with van der Waals surface area (Å²) in [6.07, 6.45) is 9.30. The fourth-order valence-electron chi connectivity index (χ4n) is 3.21. The molecule has 3 heterocycles. The lowest BCUT2D eigenvalue weighted by atomic mass is 10.1. The first-order chi connectivity index (χ1) is 13.1. The Morgan fingerprint density at radius 3 is 2.54 bits per heavy atom. The molecular formula is C17H27ClN8O2. The quantitative estimate of drug-likeness (QED) is 0.726. The number of carbonyl (C=O) groups is 2. The number of likely N-dealkylation sites (tertiary alicyclic amines) is 1. The summed E-state index contributed by atoms with van der Waals surface area (Å²) in [6.45, 7) is 1.72. The Bertz CT molecular complexity index is 782. The van der Waals surface area contributed by atoms with Gasteiger partial charge in [0.05, 0.1) is 6.20 Å². The molecule has 3 rings (SSSR count). The predicted octanol–water partition coefficient (Wildman–Crippen LogP) is 0.735. The number of halogens is 1. The van der Waals surface area contributed by atoms with Crippen LogP contribution in [0.5, 0.6) is 0 Å². The highest BCUT2D eigenvalue weighted by molar-refractivity contribution is 5.94. The number of aromatic nitrogens is 5. The first-order valence-electron chi connectivity index (χ1n) is 9.20. The lowest BCUT2D eigenvalue weighted by molar-refractivity contribution is -0.132. The summed E-state index contributed by atoms with van der Waals surface area (Å²) in [4.78, 5) is 30.9. The van der Waals surface area contributed by atoms with Gasteiger partial charge in [-0.05, 0) is 19.9 Å². The zero-order valence-electron chi connectivity index (χ0n) is 16.2. The fraction of sp³-hybridized carbons (Fsp3) is 0.588. The molecule has 1 aliphatic rings. The third kappa shape index (κ3) is 5.52. The van der Waals surface area contributed by atoms with Crippen LogP contribution in [-0.2, 0) is 23.2 Å². The third-order valence-electron chi connectivity index (χ3n) is 4.64. The maximum atomic E-state index is 12.5. The molecule has 0 spiro atoms. The summed E-state index contributed by atoms with van der Waals surface area (Å²) >= 11 is 0. The van der Waals surface area contributed by atoms with Gasteiger partial charge in [-0.2, -0.15) is 5.10 Å². The van der Waals surface area contributed by atoms with Crippen molar-refractivity contribution in [1.29, 1.82) is 0 Å². The highest BCUT2D eigenvalue weighted by Crippen LogP contribution is 2.14. The van der Waals surface area contributed by atoms with Crippen molar-refractivity contribution in [3.8, 4) is 0 Å². The standard InChI is InChI=1S/C17H26N8O2.ClH/c1-18-15(13-9-20-23(2)10-13)16(27)21-17-19-12-25(22-17)11-14(26)24-7-5-3-4-6-8-24;/h9-10,12,15,18H,3-8,11H2,1-2H3,(H,21,22,27);1H. The van der Waals surface area contributed by atoms with Crippen LogP contribution >= 0.6 is 12.4 Å². The number of aryl methyl sites for hydroxylation is 1. The molecule has 1 atom stereocenters. The van der Waals surface area contributed by atoms with E-state index in [0.29, 0.717) is 0 Å². The molecule has 0 aromatic carbocycles. The van der Waals surface area contributed by atoms with Gasteiger partial charge in [0.2, 0.25) is 17.8 Å². The van der Waals surface area contributed by atoms with Crippen LogP contribution in [0.15, 0.2) is 18.7 Å². The summed E-state index contributed by atoms with van der Waals surface area (Å²) in [5, 5.41) is 13.9. The van der Waals surface area contributed by atoms with Gasteiger partial charge in [-0.25, -0.2) is 9.67 Å². The van der Waals surface area contributed by atoms with E-state index in [1.165, 1.54) is 23.9 Å². The summed E-state index contributed by atoms with van der Waals surface area (Å²) < 4.78 is 3.09. The summed E-state index contributed by atoms with van der Waals surface area (Å²) in [6, 6.07) is -0.565. The minimum Gasteiger partial charge on any atom is -0.341 e. The highest BCUT2D eigenvalue weighted by Gasteiger charge is 2.22. The van der Waals surface area contributed by atoms with Crippen LogP contribution in [0.1, 0.15) is 37.3 Å². The van der Waals surface area contributed by atoms with Gasteiger partial charge in [0.1, 0.15) is 18.9 Å². The van der Waals surface area contributed by atoms with E-state index in [4.69, 9.17) is 0 Å². The van der Waals surface area contributed by atoms with Crippen molar-refractivity contribution in [2.75, 3.05) is 25.5 Å². The van der Waals surface area contributed by atoms with Gasteiger partial charge < -0.3 is 10.2 Å². The molecule has 10 nitrogen and oxygen atoms in total. The van der Waals surface area contributed by atoms with Crippen LogP contribution < -0.4 is 10.6 Å². The minimum atomic E-state index is -0.565. The van der Waals surface area contributed by atoms with E-state index in [-0.39, 0.29) is 36.7 Å². The van der Waals surface area contributed by atoms with E-state index >= 15 is 0 Å². The number of hydrogen-bond acceptors (Lipinski definition) is 6. The van der Waals surface area contributed by atoms with E-state index in [1.807, 2.05) is 4.90 Å². The number of likely N-dealkylation sites (N-methyl/N-ethyl adjacent to an activating group) is 1. The molecule has 1 saturated heterocycles. The Hall–Kier alpha value is -2.46. The number of amides is 2. The lowest BCUT2D eigenvalue weighted by Crippen LogP contribution is -2.34. The number of rotatable bonds is 6. The van der Waals surface area contributed by atoms with Gasteiger partial charge in [0, 0.05) is 31.9 Å². The molecule has 1 unspecified atom stereocenters. The first kappa shape index (κ1) is 21.8. The number of carbonyl (C=O) groups excluding carboxylic acids is 2. The third-order valence-corrected chi connectivity index (χ3v) is 4.64. The van der Waals surface area contributed by atoms with Crippen molar-refractivity contribution < 1.29 is 9.59 Å². The van der Waals surface area contributed by atoms with Crippen LogP contribution in [0.4, 0.5) is 5.95 Å². The van der Waals surface area contributed by atoms with Crippen molar-refractivity contribution in [2.45, 2.75) is 38.3 Å². The molecule has 1 fully saturated rings. The number of hydrogen-bond donors (Lipinski definition) is 2. The molecule has 2 aromatic heterocycles. The second-order valence-corrected chi connectivity index (χ2v) is 6.72. The summed E-state index contributed by atoms with van der Waals surface area (Å²) in [5.41, 5.74) is 0.744. The van der Waals surface area contributed by atoms with Gasteiger partial charge in [-0.1, -0.05) is 12.8 Å². The summed E-state index contributed by atoms with van der Waals surface area (Å²) in [5.74, 6) is -0.0851. The number of nitrogens with zero attached hydrogens (tertiary/aromatic N) is 6. The molecule has 154 valence electrons. The molecule has 0 saturated carbocycles. The Morgan fingerprint density at radius 1 is 1.21 bits per heavy atom. The Balaban J connectivity index is 0.00000280. The molecule has 28 heavy (non-hydrogen) atoms. The van der Waals surface area contributed by atoms with Crippen molar-refractivity contribution in [2.24, 2.45) is 7.05 Å². The van der Waals surface area contributed by atoms with Gasteiger partial charge in [0.25, 0.3) is 0 Å². The molecule has 1 aliphatic heterocycles. The second kappa shape index (κ2) is 10.2. The van der Waals surface area contributed by atoms with E-state index in [9.17, 15) is 9.59 Å². The van der Waals surface area contributed by atoms with Gasteiger partial charge in [0.15, 0.2) is 0 Å². The molecular weight excluding hydrogens is 384 g/mol. The zero-order chi connectivity index (χ0) is 19.2. The Kier molecular flexibility index (Phi) is 7.94. The first-order valence-corrected chi connectivity index (χ1v) is 9.20. The van der Waals surface area contributed by atoms with Gasteiger partial charge in [-0.3, -0.25) is 19.6 Å². The van der Waals surface area contributed by atoms with Crippen LogP contribution in [0.25, 0.3) is 0 Å². The number of anilines is 1. The number of nitrogens with one attached hydrogen (secondary N) is 2. The highest BCUT2D eigenvalue weighted by atomic mass is 35.5. The average molecular weight is 411 g/mol. The molecule has 0 bridgehead atoms. The van der Waals surface area contributed by atoms with Crippen molar-refractivity contribution in [3.05, 3.63) is 24.3 Å². The van der Waals surface area contributed by atoms with E-state index < -0.39 is 6.04 Å². The molecule has 2 N–H and O–H groups in total. The van der Waals surface area contributed by atoms with Crippen molar-refractivity contribution >= 4 is 30.2 Å². The smallest absolute Gasteiger partial charge is 0.248 e. The van der Waals surface area contributed by atoms with Gasteiger partial charge >= 0.3 is 0 Å². The van der Waals surface area contributed by atoms with E-state index in [2.05, 4.69) is 25.8 Å². The fourth-order valence-corrected chi connectivity index (χ4v) is 3.21. The molecule has 11 heteroatoms. The summed E-state index contributed by atoms with van der Waals surface area (Å²) in [7, 11) is 3.49. The normalized spacial score (nSPS) is 15.4. The maximum absolute atomic E-state index is 12.5. The van der Waals surface area contributed by atoms with Gasteiger partial charge in [-0.15, -0.1) is 17.5 Å². The second-order valence-electron chi connectivity index (χ2n) is 6.72. The molecule has 0 radical (unpaired) electrons. The van der Waals surface area contributed by atoms with E-state index in [1.54, 1.807) is 31.2 Å².